The molecule has 2 aromatic heterocycles. The second-order valence-corrected chi connectivity index (χ2v) is 6.93. The third kappa shape index (κ3) is 3.75. The topological polar surface area (TPSA) is 77.8 Å². The van der Waals surface area contributed by atoms with E-state index in [0.717, 1.165) is 11.1 Å². The Bertz CT molecular complexity index is 1030. The van der Waals surface area contributed by atoms with Gasteiger partial charge in [-0.15, -0.1) is 10.2 Å². The average Bonchev–Trinajstić information content (AvgIpc) is 3.30. The summed E-state index contributed by atoms with van der Waals surface area (Å²) in [6, 6.07) is 14.5. The van der Waals surface area contributed by atoms with E-state index < -0.39 is 0 Å². The van der Waals surface area contributed by atoms with E-state index in [0.29, 0.717) is 38.6 Å². The number of aromatic nitrogens is 4. The summed E-state index contributed by atoms with van der Waals surface area (Å²) in [7, 11) is 0. The molecule has 0 amide bonds. The van der Waals surface area contributed by atoms with Crippen LogP contribution in [0, 0.1) is 0 Å². The van der Waals surface area contributed by atoms with Crippen LogP contribution in [0.2, 0.25) is 10.0 Å². The fourth-order valence-corrected chi connectivity index (χ4v) is 3.11. The van der Waals surface area contributed by atoms with E-state index in [1.54, 1.807) is 18.2 Å². The van der Waals surface area contributed by atoms with Gasteiger partial charge >= 0.3 is 0 Å². The molecule has 2 aromatic carbocycles. The van der Waals surface area contributed by atoms with Crippen molar-refractivity contribution in [3.8, 4) is 22.8 Å². The molecule has 4 aromatic rings. The van der Waals surface area contributed by atoms with E-state index in [1.165, 1.54) is 11.8 Å². The Morgan fingerprint density at radius 2 is 1.77 bits per heavy atom. The van der Waals surface area contributed by atoms with Crippen LogP contribution in [0.15, 0.2) is 62.7 Å². The minimum atomic E-state index is 0.402. The Morgan fingerprint density at radius 1 is 0.962 bits per heavy atom. The molecule has 2 heterocycles. The summed E-state index contributed by atoms with van der Waals surface area (Å²) in [5, 5.41) is 13.6. The average molecular weight is 405 g/mol. The summed E-state index contributed by atoms with van der Waals surface area (Å²) in [5.41, 5.74) is 1.52. The Morgan fingerprint density at radius 3 is 2.58 bits per heavy atom. The van der Waals surface area contributed by atoms with Gasteiger partial charge in [-0.05, 0) is 36.4 Å². The zero-order valence-electron chi connectivity index (χ0n) is 13.1. The molecule has 130 valence electrons. The smallest absolute Gasteiger partial charge is 0.277 e. The van der Waals surface area contributed by atoms with Gasteiger partial charge in [0.05, 0.1) is 10.8 Å². The molecule has 0 saturated carbocycles. The molecule has 0 spiro atoms. The van der Waals surface area contributed by atoms with E-state index in [-0.39, 0.29) is 0 Å². The molecule has 9 heteroatoms. The maximum Gasteiger partial charge on any atom is 0.277 e. The molecular formula is C17H10Cl2N4O2S. The van der Waals surface area contributed by atoms with Crippen LogP contribution in [0.25, 0.3) is 22.8 Å². The van der Waals surface area contributed by atoms with Crippen molar-refractivity contribution in [2.24, 2.45) is 0 Å². The number of rotatable bonds is 5. The minimum absolute atomic E-state index is 0.402. The van der Waals surface area contributed by atoms with Crippen LogP contribution in [0.3, 0.4) is 0 Å². The summed E-state index contributed by atoms with van der Waals surface area (Å²) < 4.78 is 10.9. The highest BCUT2D eigenvalue weighted by atomic mass is 35.5. The van der Waals surface area contributed by atoms with E-state index in [1.807, 2.05) is 30.3 Å². The van der Waals surface area contributed by atoms with Gasteiger partial charge < -0.3 is 8.94 Å². The first-order valence-electron chi connectivity index (χ1n) is 7.49. The number of benzene rings is 2. The van der Waals surface area contributed by atoms with Gasteiger partial charge in [0.1, 0.15) is 0 Å². The zero-order valence-corrected chi connectivity index (χ0v) is 15.4. The second-order valence-electron chi connectivity index (χ2n) is 5.16. The SMILES string of the molecule is Clc1ccc(-c2nnc(SCc3nc(-c4ccccc4Cl)no3)o2)cc1. The predicted octanol–water partition coefficient (Wildman–Crippen LogP) is 5.39. The maximum atomic E-state index is 6.14. The molecule has 0 aliphatic carbocycles. The predicted molar refractivity (Wildman–Crippen MR) is 99.0 cm³/mol. The van der Waals surface area contributed by atoms with Crippen molar-refractivity contribution in [1.29, 1.82) is 0 Å². The van der Waals surface area contributed by atoms with Gasteiger partial charge in [0, 0.05) is 16.1 Å². The van der Waals surface area contributed by atoms with Gasteiger partial charge in [-0.25, -0.2) is 0 Å². The molecule has 0 radical (unpaired) electrons. The molecule has 0 atom stereocenters. The quantitative estimate of drug-likeness (QED) is 0.412. The molecule has 0 fully saturated rings. The molecule has 0 N–H and O–H groups in total. The van der Waals surface area contributed by atoms with Crippen molar-refractivity contribution in [2.75, 3.05) is 0 Å². The summed E-state index contributed by atoms with van der Waals surface area (Å²) >= 11 is 13.3. The normalized spacial score (nSPS) is 11.0. The summed E-state index contributed by atoms with van der Waals surface area (Å²) in [6.07, 6.45) is 0. The summed E-state index contributed by atoms with van der Waals surface area (Å²) in [5.74, 6) is 1.71. The van der Waals surface area contributed by atoms with Crippen molar-refractivity contribution < 1.29 is 8.94 Å². The third-order valence-electron chi connectivity index (χ3n) is 3.40. The van der Waals surface area contributed by atoms with Crippen LogP contribution in [0.4, 0.5) is 0 Å². The van der Waals surface area contributed by atoms with Crippen molar-refractivity contribution >= 4 is 35.0 Å². The molecule has 6 nitrogen and oxygen atoms in total. The second kappa shape index (κ2) is 7.49. The molecule has 0 bridgehead atoms. The number of thioether (sulfide) groups is 1. The van der Waals surface area contributed by atoms with Crippen LogP contribution in [0.5, 0.6) is 0 Å². The Labute approximate surface area is 162 Å². The molecule has 4 rings (SSSR count). The standard InChI is InChI=1S/C17H10Cl2N4O2S/c18-11-7-5-10(6-8-11)16-21-22-17(24-16)26-9-14-20-15(23-25-14)12-3-1-2-4-13(12)19/h1-8H,9H2. The first-order chi connectivity index (χ1) is 12.7. The lowest BCUT2D eigenvalue weighted by Crippen LogP contribution is -1.84. The van der Waals surface area contributed by atoms with Crippen LogP contribution >= 0.6 is 35.0 Å². The van der Waals surface area contributed by atoms with Gasteiger partial charge in [0.25, 0.3) is 5.22 Å². The summed E-state index contributed by atoms with van der Waals surface area (Å²) in [6.45, 7) is 0. The number of nitrogens with zero attached hydrogens (tertiary/aromatic N) is 4. The van der Waals surface area contributed by atoms with Gasteiger partial charge in [-0.3, -0.25) is 0 Å². The van der Waals surface area contributed by atoms with E-state index in [2.05, 4.69) is 20.3 Å². The van der Waals surface area contributed by atoms with Crippen LogP contribution < -0.4 is 0 Å². The lowest BCUT2D eigenvalue weighted by atomic mass is 10.2. The van der Waals surface area contributed by atoms with Gasteiger partial charge in [0.15, 0.2) is 0 Å². The summed E-state index contributed by atoms with van der Waals surface area (Å²) in [4.78, 5) is 4.34. The van der Waals surface area contributed by atoms with E-state index in [4.69, 9.17) is 32.1 Å². The van der Waals surface area contributed by atoms with E-state index in [9.17, 15) is 0 Å². The monoisotopic (exact) mass is 404 g/mol. The van der Waals surface area contributed by atoms with Crippen LogP contribution in [-0.4, -0.2) is 20.3 Å². The lowest BCUT2D eigenvalue weighted by molar-refractivity contribution is 0.391. The highest BCUT2D eigenvalue weighted by Gasteiger charge is 2.14. The first-order valence-corrected chi connectivity index (χ1v) is 9.23. The maximum absolute atomic E-state index is 6.14. The first kappa shape index (κ1) is 17.1. The number of hydrogen-bond acceptors (Lipinski definition) is 7. The Balaban J connectivity index is 1.44. The number of hydrogen-bond donors (Lipinski definition) is 0. The fourth-order valence-electron chi connectivity index (χ4n) is 2.17. The lowest BCUT2D eigenvalue weighted by Gasteiger charge is -1.96. The highest BCUT2D eigenvalue weighted by Crippen LogP contribution is 2.28. The molecule has 0 unspecified atom stereocenters. The van der Waals surface area contributed by atoms with Crippen molar-refractivity contribution in [3.63, 3.8) is 0 Å². The van der Waals surface area contributed by atoms with Gasteiger partial charge in [-0.1, -0.05) is 52.3 Å². The van der Waals surface area contributed by atoms with Crippen molar-refractivity contribution in [2.45, 2.75) is 11.0 Å². The van der Waals surface area contributed by atoms with Gasteiger partial charge in [0.2, 0.25) is 17.6 Å². The fraction of sp³-hybridized carbons (Fsp3) is 0.0588. The van der Waals surface area contributed by atoms with Gasteiger partial charge in [-0.2, -0.15) is 4.98 Å². The molecule has 26 heavy (non-hydrogen) atoms. The Kier molecular flexibility index (Phi) is 4.92. The Hall–Kier alpha value is -2.35. The third-order valence-corrected chi connectivity index (χ3v) is 4.78. The number of halogens is 2. The highest BCUT2D eigenvalue weighted by molar-refractivity contribution is 7.98. The molecule has 0 aliphatic heterocycles. The van der Waals surface area contributed by atoms with Crippen LogP contribution in [-0.2, 0) is 5.75 Å². The minimum Gasteiger partial charge on any atom is -0.411 e. The van der Waals surface area contributed by atoms with Crippen LogP contribution in [0.1, 0.15) is 5.89 Å². The molecule has 0 aliphatic rings. The largest absolute Gasteiger partial charge is 0.411 e. The molecular weight excluding hydrogens is 395 g/mol. The van der Waals surface area contributed by atoms with Crippen molar-refractivity contribution in [3.05, 3.63) is 64.5 Å². The zero-order chi connectivity index (χ0) is 17.9. The van der Waals surface area contributed by atoms with Crippen molar-refractivity contribution in [1.82, 2.24) is 20.3 Å². The van der Waals surface area contributed by atoms with E-state index >= 15 is 0 Å². The molecule has 0 saturated heterocycles.